The SMILES string of the molecule is Cc1ccc(-c2ccc(C(=O)N3CCOCC3)cc2)c(OCCCNC(=O)OC(C)(C)C)c1. The maximum Gasteiger partial charge on any atom is 0.407 e. The maximum absolute atomic E-state index is 12.7. The predicted octanol–water partition coefficient (Wildman–Crippen LogP) is 4.43. The van der Waals surface area contributed by atoms with Gasteiger partial charge in [-0.1, -0.05) is 24.3 Å². The summed E-state index contributed by atoms with van der Waals surface area (Å²) in [6.45, 7) is 10.9. The van der Waals surface area contributed by atoms with E-state index in [1.54, 1.807) is 0 Å². The monoisotopic (exact) mass is 454 g/mol. The van der Waals surface area contributed by atoms with E-state index in [9.17, 15) is 9.59 Å². The van der Waals surface area contributed by atoms with Gasteiger partial charge in [0.1, 0.15) is 11.4 Å². The lowest BCUT2D eigenvalue weighted by Gasteiger charge is -2.26. The molecule has 0 aromatic heterocycles. The zero-order valence-corrected chi connectivity index (χ0v) is 20.0. The lowest BCUT2D eigenvalue weighted by molar-refractivity contribution is 0.0303. The average Bonchev–Trinajstić information content (AvgIpc) is 2.78. The fourth-order valence-corrected chi connectivity index (χ4v) is 3.49. The molecule has 33 heavy (non-hydrogen) atoms. The lowest BCUT2D eigenvalue weighted by Crippen LogP contribution is -2.40. The van der Waals surface area contributed by atoms with Gasteiger partial charge in [-0.15, -0.1) is 0 Å². The molecule has 0 bridgehead atoms. The van der Waals surface area contributed by atoms with Crippen LogP contribution in [0.25, 0.3) is 11.1 Å². The Morgan fingerprint density at radius 2 is 1.76 bits per heavy atom. The highest BCUT2D eigenvalue weighted by molar-refractivity contribution is 5.95. The molecule has 0 saturated carbocycles. The molecule has 3 rings (SSSR count). The Balaban J connectivity index is 1.59. The second kappa shape index (κ2) is 11.2. The van der Waals surface area contributed by atoms with E-state index in [2.05, 4.69) is 5.32 Å². The second-order valence-electron chi connectivity index (χ2n) is 9.11. The summed E-state index contributed by atoms with van der Waals surface area (Å²) in [7, 11) is 0. The minimum absolute atomic E-state index is 0.0303. The molecular formula is C26H34N2O5. The van der Waals surface area contributed by atoms with E-state index >= 15 is 0 Å². The fraction of sp³-hybridized carbons (Fsp3) is 0.462. The van der Waals surface area contributed by atoms with Crippen LogP contribution in [0.4, 0.5) is 4.79 Å². The van der Waals surface area contributed by atoms with E-state index in [1.807, 2.05) is 75.1 Å². The van der Waals surface area contributed by atoms with Crippen molar-refractivity contribution in [2.45, 2.75) is 39.7 Å². The van der Waals surface area contributed by atoms with E-state index < -0.39 is 11.7 Å². The summed E-state index contributed by atoms with van der Waals surface area (Å²) in [5.41, 5.74) is 3.20. The van der Waals surface area contributed by atoms with Crippen molar-refractivity contribution in [1.82, 2.24) is 10.2 Å². The van der Waals surface area contributed by atoms with Crippen LogP contribution in [-0.2, 0) is 9.47 Å². The zero-order valence-electron chi connectivity index (χ0n) is 20.0. The number of alkyl carbamates (subject to hydrolysis) is 1. The Hall–Kier alpha value is -3.06. The van der Waals surface area contributed by atoms with Gasteiger partial charge in [0.05, 0.1) is 19.8 Å². The molecule has 0 unspecified atom stereocenters. The fourth-order valence-electron chi connectivity index (χ4n) is 3.49. The van der Waals surface area contributed by atoms with Crippen molar-refractivity contribution >= 4 is 12.0 Å². The van der Waals surface area contributed by atoms with Crippen molar-refractivity contribution in [3.05, 3.63) is 53.6 Å². The van der Waals surface area contributed by atoms with Crippen LogP contribution in [-0.4, -0.2) is 62.0 Å². The normalized spacial score (nSPS) is 14.0. The van der Waals surface area contributed by atoms with Crippen LogP contribution in [0.1, 0.15) is 43.1 Å². The summed E-state index contributed by atoms with van der Waals surface area (Å²) in [6, 6.07) is 13.7. The molecule has 178 valence electrons. The maximum atomic E-state index is 12.7. The van der Waals surface area contributed by atoms with Crippen LogP contribution in [0.3, 0.4) is 0 Å². The van der Waals surface area contributed by atoms with Crippen LogP contribution in [0.5, 0.6) is 5.75 Å². The summed E-state index contributed by atoms with van der Waals surface area (Å²) in [5, 5.41) is 2.74. The van der Waals surface area contributed by atoms with Gasteiger partial charge < -0.3 is 24.4 Å². The van der Waals surface area contributed by atoms with Gasteiger partial charge >= 0.3 is 6.09 Å². The van der Waals surface area contributed by atoms with Crippen molar-refractivity contribution in [3.63, 3.8) is 0 Å². The van der Waals surface area contributed by atoms with Gasteiger partial charge in [0, 0.05) is 30.8 Å². The highest BCUT2D eigenvalue weighted by Gasteiger charge is 2.19. The Bertz CT molecular complexity index is 944. The Morgan fingerprint density at radius 3 is 2.42 bits per heavy atom. The zero-order chi connectivity index (χ0) is 23.8. The van der Waals surface area contributed by atoms with Crippen LogP contribution in [0, 0.1) is 6.92 Å². The number of amides is 2. The van der Waals surface area contributed by atoms with Gasteiger partial charge in [-0.25, -0.2) is 4.79 Å². The number of rotatable bonds is 7. The number of ether oxygens (including phenoxy) is 3. The summed E-state index contributed by atoms with van der Waals surface area (Å²) in [6.07, 6.45) is 0.227. The topological polar surface area (TPSA) is 77.1 Å². The number of hydrogen-bond donors (Lipinski definition) is 1. The van der Waals surface area contributed by atoms with Gasteiger partial charge in [-0.05, 0) is 63.4 Å². The number of aryl methyl sites for hydroxylation is 1. The number of hydrogen-bond acceptors (Lipinski definition) is 5. The molecule has 0 atom stereocenters. The van der Waals surface area contributed by atoms with E-state index in [1.165, 1.54) is 0 Å². The van der Waals surface area contributed by atoms with E-state index in [0.717, 1.165) is 22.4 Å². The molecule has 1 N–H and O–H groups in total. The van der Waals surface area contributed by atoms with Crippen molar-refractivity contribution < 1.29 is 23.8 Å². The number of benzene rings is 2. The second-order valence-corrected chi connectivity index (χ2v) is 9.11. The van der Waals surface area contributed by atoms with Crippen LogP contribution in [0.15, 0.2) is 42.5 Å². The lowest BCUT2D eigenvalue weighted by atomic mass is 10.0. The molecule has 1 aliphatic heterocycles. The number of nitrogens with one attached hydrogen (secondary N) is 1. The van der Waals surface area contributed by atoms with Gasteiger partial charge in [0.2, 0.25) is 0 Å². The third-order valence-electron chi connectivity index (χ3n) is 5.13. The largest absolute Gasteiger partial charge is 0.493 e. The molecule has 1 saturated heterocycles. The third-order valence-corrected chi connectivity index (χ3v) is 5.13. The molecule has 2 aromatic rings. The number of morpholine rings is 1. The van der Waals surface area contributed by atoms with Crippen LogP contribution >= 0.6 is 0 Å². The quantitative estimate of drug-likeness (QED) is 0.627. The first-order valence-corrected chi connectivity index (χ1v) is 11.4. The molecule has 1 aliphatic rings. The predicted molar refractivity (Wildman–Crippen MR) is 128 cm³/mol. The van der Waals surface area contributed by atoms with Crippen molar-refractivity contribution in [2.75, 3.05) is 39.5 Å². The molecule has 1 heterocycles. The van der Waals surface area contributed by atoms with Gasteiger partial charge in [0.25, 0.3) is 5.91 Å². The van der Waals surface area contributed by atoms with Gasteiger partial charge in [0.15, 0.2) is 0 Å². The van der Waals surface area contributed by atoms with Crippen molar-refractivity contribution in [2.24, 2.45) is 0 Å². The molecule has 0 spiro atoms. The van der Waals surface area contributed by atoms with Crippen LogP contribution < -0.4 is 10.1 Å². The third kappa shape index (κ3) is 7.49. The minimum atomic E-state index is -0.514. The Labute approximate surface area is 196 Å². The summed E-state index contributed by atoms with van der Waals surface area (Å²) < 4.78 is 16.6. The van der Waals surface area contributed by atoms with Crippen molar-refractivity contribution in [3.8, 4) is 16.9 Å². The Kier molecular flexibility index (Phi) is 8.33. The average molecular weight is 455 g/mol. The minimum Gasteiger partial charge on any atom is -0.493 e. The first kappa shape index (κ1) is 24.6. The molecule has 0 radical (unpaired) electrons. The highest BCUT2D eigenvalue weighted by atomic mass is 16.6. The number of carbonyl (C=O) groups is 2. The number of carbonyl (C=O) groups excluding carboxylic acids is 2. The molecule has 7 nitrogen and oxygen atoms in total. The van der Waals surface area contributed by atoms with Gasteiger partial charge in [-0.3, -0.25) is 4.79 Å². The Morgan fingerprint density at radius 1 is 1.06 bits per heavy atom. The summed E-state index contributed by atoms with van der Waals surface area (Å²) in [5.74, 6) is 0.808. The molecule has 1 fully saturated rings. The van der Waals surface area contributed by atoms with E-state index in [4.69, 9.17) is 14.2 Å². The number of nitrogens with zero attached hydrogens (tertiary/aromatic N) is 1. The molecular weight excluding hydrogens is 420 g/mol. The molecule has 7 heteroatoms. The highest BCUT2D eigenvalue weighted by Crippen LogP contribution is 2.31. The first-order chi connectivity index (χ1) is 15.7. The molecule has 2 amide bonds. The first-order valence-electron chi connectivity index (χ1n) is 11.4. The van der Waals surface area contributed by atoms with Crippen LogP contribution in [0.2, 0.25) is 0 Å². The van der Waals surface area contributed by atoms with Crippen molar-refractivity contribution in [1.29, 1.82) is 0 Å². The molecule has 2 aromatic carbocycles. The summed E-state index contributed by atoms with van der Waals surface area (Å²) in [4.78, 5) is 26.3. The summed E-state index contributed by atoms with van der Waals surface area (Å²) >= 11 is 0. The smallest absolute Gasteiger partial charge is 0.407 e. The van der Waals surface area contributed by atoms with Gasteiger partial charge in [-0.2, -0.15) is 0 Å². The van der Waals surface area contributed by atoms with E-state index in [0.29, 0.717) is 51.4 Å². The molecule has 0 aliphatic carbocycles. The van der Waals surface area contributed by atoms with E-state index in [-0.39, 0.29) is 5.91 Å². The standard InChI is InChI=1S/C26H34N2O5/c1-19-6-11-22(23(18-19)32-15-5-12-27-25(30)33-26(2,3)4)20-7-9-21(10-8-20)24(29)28-13-16-31-17-14-28/h6-11,18H,5,12-17H2,1-4H3,(H,27,30).